The number of hydrogen-bond acceptors (Lipinski definition) is 3. The van der Waals surface area contributed by atoms with E-state index in [9.17, 15) is 9.59 Å². The minimum atomic E-state index is -0.0372. The molecule has 0 saturated carbocycles. The summed E-state index contributed by atoms with van der Waals surface area (Å²) in [5.74, 6) is 1.20. The Morgan fingerprint density at radius 2 is 1.73 bits per heavy atom. The first-order chi connectivity index (χ1) is 14.6. The van der Waals surface area contributed by atoms with Gasteiger partial charge in [-0.25, -0.2) is 0 Å². The van der Waals surface area contributed by atoms with Gasteiger partial charge in [-0.1, -0.05) is 62.4 Å². The molecule has 0 bridgehead atoms. The van der Waals surface area contributed by atoms with Crippen LogP contribution in [0.2, 0.25) is 0 Å². The minimum absolute atomic E-state index is 0.0166. The van der Waals surface area contributed by atoms with Gasteiger partial charge in [0.15, 0.2) is 6.61 Å². The molecule has 1 heterocycles. The predicted octanol–water partition coefficient (Wildman–Crippen LogP) is 4.13. The molecule has 1 fully saturated rings. The smallest absolute Gasteiger partial charge is 0.260 e. The average Bonchev–Trinajstić information content (AvgIpc) is 2.81. The number of ether oxygens (including phenoxy) is 1. The maximum atomic E-state index is 12.6. The van der Waals surface area contributed by atoms with Crippen LogP contribution >= 0.6 is 0 Å². The second kappa shape index (κ2) is 10.8. The molecule has 1 aliphatic heterocycles. The van der Waals surface area contributed by atoms with Crippen LogP contribution in [0.25, 0.3) is 0 Å². The largest absolute Gasteiger partial charge is 0.483 e. The number of nitrogens with zero attached hydrogens (tertiary/aromatic N) is 1. The summed E-state index contributed by atoms with van der Waals surface area (Å²) >= 11 is 0. The van der Waals surface area contributed by atoms with E-state index in [0.717, 1.165) is 23.3 Å². The van der Waals surface area contributed by atoms with Crippen molar-refractivity contribution in [2.24, 2.45) is 5.92 Å². The summed E-state index contributed by atoms with van der Waals surface area (Å²) < 4.78 is 5.87. The number of carbonyl (C=O) groups is 2. The topological polar surface area (TPSA) is 58.6 Å². The standard InChI is InChI=1S/C25H32N2O3/c1-3-19(2)22-11-7-8-12-23(22)30-18-24(28)27-15-13-21(14-16-27)25(29)26-17-20-9-5-4-6-10-20/h4-12,19,21H,3,13-18H2,1-2H3,(H,26,29). The van der Waals surface area contributed by atoms with Crippen molar-refractivity contribution in [1.82, 2.24) is 10.2 Å². The third-order valence-corrected chi connectivity index (χ3v) is 5.94. The summed E-state index contributed by atoms with van der Waals surface area (Å²) in [6, 6.07) is 17.8. The van der Waals surface area contributed by atoms with E-state index >= 15 is 0 Å². The number of rotatable bonds is 8. The van der Waals surface area contributed by atoms with Gasteiger partial charge in [-0.2, -0.15) is 0 Å². The van der Waals surface area contributed by atoms with Crippen molar-refractivity contribution in [2.75, 3.05) is 19.7 Å². The molecule has 1 saturated heterocycles. The second-order valence-corrected chi connectivity index (χ2v) is 7.99. The van der Waals surface area contributed by atoms with Crippen molar-refractivity contribution in [1.29, 1.82) is 0 Å². The van der Waals surface area contributed by atoms with Gasteiger partial charge in [-0.05, 0) is 42.4 Å². The molecule has 1 aliphatic rings. The van der Waals surface area contributed by atoms with Crippen LogP contribution in [-0.4, -0.2) is 36.4 Å². The molecule has 0 aromatic heterocycles. The van der Waals surface area contributed by atoms with E-state index in [0.29, 0.717) is 38.4 Å². The van der Waals surface area contributed by atoms with E-state index in [1.165, 1.54) is 0 Å². The van der Waals surface area contributed by atoms with Gasteiger partial charge in [0.2, 0.25) is 5.91 Å². The molecule has 5 nitrogen and oxygen atoms in total. The summed E-state index contributed by atoms with van der Waals surface area (Å²) in [4.78, 5) is 26.9. The highest BCUT2D eigenvalue weighted by atomic mass is 16.5. The number of nitrogens with one attached hydrogen (secondary N) is 1. The Hall–Kier alpha value is -2.82. The van der Waals surface area contributed by atoms with Crippen LogP contribution in [0.4, 0.5) is 0 Å². The van der Waals surface area contributed by atoms with Gasteiger partial charge >= 0.3 is 0 Å². The van der Waals surface area contributed by atoms with E-state index < -0.39 is 0 Å². The highest BCUT2D eigenvalue weighted by Crippen LogP contribution is 2.28. The SMILES string of the molecule is CCC(C)c1ccccc1OCC(=O)N1CCC(C(=O)NCc2ccccc2)CC1. The van der Waals surface area contributed by atoms with Crippen LogP contribution in [-0.2, 0) is 16.1 Å². The van der Waals surface area contributed by atoms with E-state index in [2.05, 4.69) is 25.2 Å². The van der Waals surface area contributed by atoms with Crippen molar-refractivity contribution in [3.05, 3.63) is 65.7 Å². The molecular weight excluding hydrogens is 376 g/mol. The molecule has 0 radical (unpaired) electrons. The zero-order chi connectivity index (χ0) is 21.3. The van der Waals surface area contributed by atoms with Gasteiger partial charge in [0, 0.05) is 25.6 Å². The Kier molecular flexibility index (Phi) is 7.89. The normalized spacial score (nSPS) is 15.5. The zero-order valence-electron chi connectivity index (χ0n) is 18.0. The third kappa shape index (κ3) is 5.85. The van der Waals surface area contributed by atoms with E-state index in [1.807, 2.05) is 53.4 Å². The summed E-state index contributed by atoms with van der Waals surface area (Å²) in [5, 5.41) is 3.01. The van der Waals surface area contributed by atoms with Gasteiger partial charge in [-0.3, -0.25) is 9.59 Å². The second-order valence-electron chi connectivity index (χ2n) is 7.99. The summed E-state index contributed by atoms with van der Waals surface area (Å²) in [6.07, 6.45) is 2.40. The van der Waals surface area contributed by atoms with Crippen molar-refractivity contribution >= 4 is 11.8 Å². The first-order valence-electron chi connectivity index (χ1n) is 10.9. The molecule has 30 heavy (non-hydrogen) atoms. The third-order valence-electron chi connectivity index (χ3n) is 5.94. The molecule has 0 aliphatic carbocycles. The fourth-order valence-corrected chi connectivity index (χ4v) is 3.79. The van der Waals surface area contributed by atoms with Crippen molar-refractivity contribution in [2.45, 2.75) is 45.6 Å². The molecule has 2 aromatic rings. The first kappa shape index (κ1) is 21.9. The Morgan fingerprint density at radius 1 is 1.07 bits per heavy atom. The van der Waals surface area contributed by atoms with E-state index in [4.69, 9.17) is 4.74 Å². The molecular formula is C25H32N2O3. The zero-order valence-corrected chi connectivity index (χ0v) is 18.0. The predicted molar refractivity (Wildman–Crippen MR) is 118 cm³/mol. The minimum Gasteiger partial charge on any atom is -0.483 e. The number of carbonyl (C=O) groups excluding carboxylic acids is 2. The lowest BCUT2D eigenvalue weighted by Crippen LogP contribution is -2.44. The van der Waals surface area contributed by atoms with Crippen LogP contribution in [0.3, 0.4) is 0 Å². The van der Waals surface area contributed by atoms with Crippen LogP contribution in [0, 0.1) is 5.92 Å². The first-order valence-corrected chi connectivity index (χ1v) is 10.9. The van der Waals surface area contributed by atoms with Crippen molar-refractivity contribution in [3.63, 3.8) is 0 Å². The lowest BCUT2D eigenvalue weighted by Gasteiger charge is -2.31. The van der Waals surface area contributed by atoms with Crippen LogP contribution in [0.5, 0.6) is 5.75 Å². The lowest BCUT2D eigenvalue weighted by molar-refractivity contribution is -0.137. The number of hydrogen-bond donors (Lipinski definition) is 1. The highest BCUT2D eigenvalue weighted by Gasteiger charge is 2.27. The van der Waals surface area contributed by atoms with Gasteiger partial charge in [0.1, 0.15) is 5.75 Å². The average molecular weight is 409 g/mol. The number of benzene rings is 2. The Labute approximate surface area is 179 Å². The van der Waals surface area contributed by atoms with Crippen LogP contribution < -0.4 is 10.1 Å². The van der Waals surface area contributed by atoms with Crippen molar-refractivity contribution < 1.29 is 14.3 Å². The van der Waals surface area contributed by atoms with E-state index in [-0.39, 0.29) is 24.3 Å². The molecule has 1 N–H and O–H groups in total. The van der Waals surface area contributed by atoms with E-state index in [1.54, 1.807) is 0 Å². The Morgan fingerprint density at radius 3 is 2.43 bits per heavy atom. The molecule has 160 valence electrons. The maximum absolute atomic E-state index is 12.6. The molecule has 5 heteroatoms. The van der Waals surface area contributed by atoms with Gasteiger partial charge in [0.25, 0.3) is 5.91 Å². The summed E-state index contributed by atoms with van der Waals surface area (Å²) in [5.41, 5.74) is 2.23. The Balaban J connectivity index is 1.44. The van der Waals surface area contributed by atoms with Gasteiger partial charge < -0.3 is 15.0 Å². The molecule has 0 spiro atoms. The van der Waals surface area contributed by atoms with Crippen LogP contribution in [0.1, 0.15) is 50.2 Å². The molecule has 2 amide bonds. The molecule has 1 atom stereocenters. The molecule has 1 unspecified atom stereocenters. The Bertz CT molecular complexity index is 829. The van der Waals surface area contributed by atoms with Crippen LogP contribution in [0.15, 0.2) is 54.6 Å². The fourth-order valence-electron chi connectivity index (χ4n) is 3.79. The highest BCUT2D eigenvalue weighted by molar-refractivity contribution is 5.80. The fraction of sp³-hybridized carbons (Fsp3) is 0.440. The quantitative estimate of drug-likeness (QED) is 0.714. The number of amides is 2. The number of piperidine rings is 1. The number of likely N-dealkylation sites (tertiary alicyclic amines) is 1. The summed E-state index contributed by atoms with van der Waals surface area (Å²) in [6.45, 7) is 6.09. The molecule has 3 rings (SSSR count). The van der Waals surface area contributed by atoms with Gasteiger partial charge in [0.05, 0.1) is 0 Å². The monoisotopic (exact) mass is 408 g/mol. The lowest BCUT2D eigenvalue weighted by atomic mass is 9.95. The molecule has 2 aromatic carbocycles. The van der Waals surface area contributed by atoms with Crippen molar-refractivity contribution in [3.8, 4) is 5.75 Å². The van der Waals surface area contributed by atoms with Gasteiger partial charge in [-0.15, -0.1) is 0 Å². The number of para-hydroxylation sites is 1. The maximum Gasteiger partial charge on any atom is 0.260 e. The summed E-state index contributed by atoms with van der Waals surface area (Å²) in [7, 11) is 0.